The maximum Gasteiger partial charge on any atom is 0.573 e. The van der Waals surface area contributed by atoms with Gasteiger partial charge in [0.2, 0.25) is 0 Å². The van der Waals surface area contributed by atoms with Crippen LogP contribution in [-0.4, -0.2) is 16.6 Å². The number of hydrogen-bond acceptors (Lipinski definition) is 3. The van der Waals surface area contributed by atoms with Crippen LogP contribution in [0.2, 0.25) is 0 Å². The molecular formula is C9H4BrClF5NO2. The molecule has 10 heteroatoms. The highest BCUT2D eigenvalue weighted by atomic mass is 79.9. The summed E-state index contributed by atoms with van der Waals surface area (Å²) in [7, 11) is 0. The Morgan fingerprint density at radius 2 is 2.05 bits per heavy atom. The second kappa shape index (κ2) is 6.00. The van der Waals surface area contributed by atoms with Crippen molar-refractivity contribution in [2.45, 2.75) is 18.1 Å². The monoisotopic (exact) mass is 367 g/mol. The molecule has 0 radical (unpaired) electrons. The average Bonchev–Trinajstić information content (AvgIpc) is 2.25. The molecule has 0 aromatic carbocycles. The SMILES string of the molecule is O=C(Cl)c1c(C(F)F)cnc(CBr)c1OC(F)(F)F. The second-order valence-electron chi connectivity index (χ2n) is 3.12. The van der Waals surface area contributed by atoms with Crippen molar-refractivity contribution in [3.05, 3.63) is 23.0 Å². The Kier molecular flexibility index (Phi) is 5.08. The second-order valence-corrected chi connectivity index (χ2v) is 4.02. The first-order valence-corrected chi connectivity index (χ1v) is 5.98. The van der Waals surface area contributed by atoms with Gasteiger partial charge in [0.25, 0.3) is 11.7 Å². The van der Waals surface area contributed by atoms with Crippen LogP contribution in [0.15, 0.2) is 6.20 Å². The van der Waals surface area contributed by atoms with Crippen molar-refractivity contribution in [2.24, 2.45) is 0 Å². The Morgan fingerprint density at radius 1 is 1.47 bits per heavy atom. The fraction of sp³-hybridized carbons (Fsp3) is 0.333. The fourth-order valence-electron chi connectivity index (χ4n) is 1.24. The zero-order valence-corrected chi connectivity index (χ0v) is 11.1. The zero-order chi connectivity index (χ0) is 14.8. The first-order chi connectivity index (χ1) is 8.67. The van der Waals surface area contributed by atoms with Crippen LogP contribution in [0, 0.1) is 0 Å². The third-order valence-electron chi connectivity index (χ3n) is 1.91. The first-order valence-electron chi connectivity index (χ1n) is 4.48. The van der Waals surface area contributed by atoms with Crippen molar-refractivity contribution >= 4 is 32.8 Å². The lowest BCUT2D eigenvalue weighted by Crippen LogP contribution is -2.21. The van der Waals surface area contributed by atoms with Gasteiger partial charge in [0.15, 0.2) is 5.75 Å². The van der Waals surface area contributed by atoms with Crippen LogP contribution < -0.4 is 4.74 Å². The summed E-state index contributed by atoms with van der Waals surface area (Å²) in [5, 5.41) is -1.72. The van der Waals surface area contributed by atoms with E-state index in [2.05, 4.69) is 25.7 Å². The standard InChI is InChI=1S/C9H4BrClF5NO2/c10-1-4-6(19-9(14,15)16)5(7(11)18)3(2-17-4)8(12)13/h2,8H,1H2. The van der Waals surface area contributed by atoms with Crippen LogP contribution in [-0.2, 0) is 5.33 Å². The van der Waals surface area contributed by atoms with Gasteiger partial charge in [0, 0.05) is 11.5 Å². The molecule has 0 aliphatic carbocycles. The minimum atomic E-state index is -5.17. The maximum atomic E-state index is 12.6. The van der Waals surface area contributed by atoms with Crippen LogP contribution >= 0.6 is 27.5 Å². The molecule has 3 nitrogen and oxygen atoms in total. The molecule has 0 spiro atoms. The van der Waals surface area contributed by atoms with Crippen molar-refractivity contribution in [1.82, 2.24) is 4.98 Å². The van der Waals surface area contributed by atoms with E-state index in [0.29, 0.717) is 6.20 Å². The van der Waals surface area contributed by atoms with E-state index >= 15 is 0 Å². The number of hydrogen-bond donors (Lipinski definition) is 0. The lowest BCUT2D eigenvalue weighted by molar-refractivity contribution is -0.275. The Morgan fingerprint density at radius 3 is 2.42 bits per heavy atom. The van der Waals surface area contributed by atoms with Crippen molar-refractivity contribution in [2.75, 3.05) is 0 Å². The number of carbonyl (C=O) groups excluding carboxylic acids is 1. The van der Waals surface area contributed by atoms with E-state index in [1.807, 2.05) is 0 Å². The maximum absolute atomic E-state index is 12.6. The lowest BCUT2D eigenvalue weighted by Gasteiger charge is -2.16. The molecule has 1 rings (SSSR count). The number of carbonyl (C=O) groups is 1. The highest BCUT2D eigenvalue weighted by molar-refractivity contribution is 9.08. The molecule has 0 aliphatic rings. The topological polar surface area (TPSA) is 39.2 Å². The van der Waals surface area contributed by atoms with Crippen LogP contribution in [0.3, 0.4) is 0 Å². The summed E-state index contributed by atoms with van der Waals surface area (Å²) >= 11 is 7.86. The van der Waals surface area contributed by atoms with Gasteiger partial charge in [-0.2, -0.15) is 0 Å². The summed E-state index contributed by atoms with van der Waals surface area (Å²) in [6, 6.07) is 0. The minimum Gasteiger partial charge on any atom is -0.403 e. The fourth-order valence-corrected chi connectivity index (χ4v) is 1.83. The summed E-state index contributed by atoms with van der Waals surface area (Å²) < 4.78 is 65.5. The molecule has 0 fully saturated rings. The Bertz CT molecular complexity index is 494. The average molecular weight is 368 g/mol. The molecule has 0 unspecified atom stereocenters. The molecule has 0 atom stereocenters. The van der Waals surface area contributed by atoms with Crippen molar-refractivity contribution in [3.63, 3.8) is 0 Å². The molecule has 0 bridgehead atoms. The smallest absolute Gasteiger partial charge is 0.403 e. The normalized spacial score (nSPS) is 11.8. The van der Waals surface area contributed by atoms with E-state index in [9.17, 15) is 26.7 Å². The number of nitrogens with zero attached hydrogens (tertiary/aromatic N) is 1. The third-order valence-corrected chi connectivity index (χ3v) is 2.63. The molecule has 0 N–H and O–H groups in total. The summed E-state index contributed by atoms with van der Waals surface area (Å²) in [5.41, 5.74) is -2.44. The van der Waals surface area contributed by atoms with Crippen LogP contribution in [0.4, 0.5) is 22.0 Å². The quantitative estimate of drug-likeness (QED) is 0.454. The number of pyridine rings is 1. The molecule has 0 amide bonds. The molecular weight excluding hydrogens is 364 g/mol. The Balaban J connectivity index is 3.53. The lowest BCUT2D eigenvalue weighted by atomic mass is 10.1. The van der Waals surface area contributed by atoms with Gasteiger partial charge < -0.3 is 4.74 Å². The summed E-state index contributed by atoms with van der Waals surface area (Å²) in [6.45, 7) is 0. The van der Waals surface area contributed by atoms with Crippen LogP contribution in [0.1, 0.15) is 28.0 Å². The summed E-state index contributed by atoms with van der Waals surface area (Å²) in [4.78, 5) is 14.5. The molecule has 0 saturated heterocycles. The molecule has 1 heterocycles. The molecule has 1 aromatic rings. The summed E-state index contributed by atoms with van der Waals surface area (Å²) in [6.07, 6.45) is -7.80. The van der Waals surface area contributed by atoms with E-state index in [4.69, 9.17) is 11.6 Å². The van der Waals surface area contributed by atoms with Gasteiger partial charge >= 0.3 is 6.36 Å². The molecule has 19 heavy (non-hydrogen) atoms. The Hall–Kier alpha value is -0.960. The van der Waals surface area contributed by atoms with Crippen LogP contribution in [0.5, 0.6) is 5.75 Å². The number of aromatic nitrogens is 1. The van der Waals surface area contributed by atoms with Crippen molar-refractivity contribution in [1.29, 1.82) is 0 Å². The number of halogens is 7. The molecule has 106 valence electrons. The van der Waals surface area contributed by atoms with E-state index in [1.165, 1.54) is 0 Å². The highest BCUT2D eigenvalue weighted by Gasteiger charge is 2.36. The first kappa shape index (κ1) is 16.1. The van der Waals surface area contributed by atoms with Gasteiger partial charge in [0.05, 0.1) is 16.8 Å². The third kappa shape index (κ3) is 4.00. The van der Waals surface area contributed by atoms with E-state index < -0.39 is 34.9 Å². The number of ether oxygens (including phenoxy) is 1. The van der Waals surface area contributed by atoms with Crippen LogP contribution in [0.25, 0.3) is 0 Å². The Labute approximate surface area is 116 Å². The van der Waals surface area contributed by atoms with Crippen molar-refractivity contribution < 1.29 is 31.5 Å². The van der Waals surface area contributed by atoms with E-state index in [0.717, 1.165) is 0 Å². The number of alkyl halides is 6. The minimum absolute atomic E-state index is 0.237. The molecule has 0 aliphatic heterocycles. The van der Waals surface area contributed by atoms with Gasteiger partial charge in [-0.15, -0.1) is 13.2 Å². The molecule has 0 saturated carbocycles. The summed E-state index contributed by atoms with van der Waals surface area (Å²) in [5.74, 6) is -1.12. The van der Waals surface area contributed by atoms with E-state index in [1.54, 1.807) is 0 Å². The largest absolute Gasteiger partial charge is 0.573 e. The van der Waals surface area contributed by atoms with Gasteiger partial charge in [-0.25, -0.2) is 8.78 Å². The van der Waals surface area contributed by atoms with E-state index in [-0.39, 0.29) is 11.0 Å². The van der Waals surface area contributed by atoms with Gasteiger partial charge in [-0.05, 0) is 11.6 Å². The van der Waals surface area contributed by atoms with Gasteiger partial charge in [-0.3, -0.25) is 9.78 Å². The van der Waals surface area contributed by atoms with Gasteiger partial charge in [0.1, 0.15) is 0 Å². The zero-order valence-electron chi connectivity index (χ0n) is 8.77. The highest BCUT2D eigenvalue weighted by Crippen LogP contribution is 2.36. The number of rotatable bonds is 4. The predicted octanol–water partition coefficient (Wildman–Crippen LogP) is 4.19. The predicted molar refractivity (Wildman–Crippen MR) is 58.7 cm³/mol. The van der Waals surface area contributed by atoms with Crippen molar-refractivity contribution in [3.8, 4) is 5.75 Å². The van der Waals surface area contributed by atoms with Gasteiger partial charge in [-0.1, -0.05) is 15.9 Å². The molecule has 1 aromatic heterocycles.